The zero-order valence-electron chi connectivity index (χ0n) is 11.9. The summed E-state index contributed by atoms with van der Waals surface area (Å²) in [7, 11) is 0.919. The Morgan fingerprint density at radius 3 is 2.43 bits per heavy atom. The third kappa shape index (κ3) is 3.41. The molecule has 1 fully saturated rings. The molecular weight excluding hydrogens is 323 g/mol. The maximum Gasteiger partial charge on any atom is 0.434 e. The molecule has 1 aliphatic carbocycles. The van der Waals surface area contributed by atoms with Crippen molar-refractivity contribution in [3.05, 3.63) is 28.1 Å². The predicted octanol–water partition coefficient (Wildman–Crippen LogP) is 3.65. The minimum Gasteiger partial charge on any atom is -0.465 e. The molecule has 0 amide bonds. The van der Waals surface area contributed by atoms with Gasteiger partial charge in [0.2, 0.25) is 0 Å². The molecule has 124 valence electrons. The summed E-state index contributed by atoms with van der Waals surface area (Å²) in [5.74, 6) is -1.27. The molecule has 1 heterocycles. The van der Waals surface area contributed by atoms with Gasteiger partial charge in [-0.1, -0.05) is 0 Å². The van der Waals surface area contributed by atoms with Crippen LogP contribution in [0.15, 0.2) is 0 Å². The number of esters is 1. The molecule has 2 rings (SSSR count). The number of alkyl halides is 5. The number of methoxy groups -OCH3 is 1. The molecule has 1 saturated carbocycles. The highest BCUT2D eigenvalue weighted by molar-refractivity contribution is 5.93. The molecule has 0 spiro atoms. The van der Waals surface area contributed by atoms with Crippen LogP contribution in [0.3, 0.4) is 0 Å². The van der Waals surface area contributed by atoms with E-state index in [1.54, 1.807) is 0 Å². The molecule has 1 aromatic rings. The normalized spacial score (nSPS) is 14.7. The SMILES string of the molecule is COC(=O)c1c(C(F)F)nc(C(F)(F)F)c(C#N)c1CC1CC1. The van der Waals surface area contributed by atoms with E-state index in [1.807, 2.05) is 0 Å². The first-order valence-electron chi connectivity index (χ1n) is 6.61. The van der Waals surface area contributed by atoms with Crippen LogP contribution in [0, 0.1) is 17.2 Å². The van der Waals surface area contributed by atoms with Crippen molar-refractivity contribution in [3.63, 3.8) is 0 Å². The number of ether oxygens (including phenoxy) is 1. The summed E-state index contributed by atoms with van der Waals surface area (Å²) in [6, 6.07) is 1.35. The molecule has 0 radical (unpaired) electrons. The third-order valence-electron chi connectivity index (χ3n) is 3.50. The van der Waals surface area contributed by atoms with Crippen molar-refractivity contribution in [2.45, 2.75) is 31.9 Å². The fourth-order valence-corrected chi connectivity index (χ4v) is 2.28. The summed E-state index contributed by atoms with van der Waals surface area (Å²) in [4.78, 5) is 14.7. The topological polar surface area (TPSA) is 63.0 Å². The second-order valence-corrected chi connectivity index (χ2v) is 5.12. The first-order valence-corrected chi connectivity index (χ1v) is 6.61. The van der Waals surface area contributed by atoms with Gasteiger partial charge in [0.05, 0.1) is 18.2 Å². The van der Waals surface area contributed by atoms with Crippen molar-refractivity contribution in [1.29, 1.82) is 5.26 Å². The summed E-state index contributed by atoms with van der Waals surface area (Å²) >= 11 is 0. The lowest BCUT2D eigenvalue weighted by molar-refractivity contribution is -0.141. The van der Waals surface area contributed by atoms with E-state index in [-0.39, 0.29) is 17.9 Å². The molecule has 1 aromatic heterocycles. The van der Waals surface area contributed by atoms with E-state index in [4.69, 9.17) is 5.26 Å². The number of nitrogens with zero attached hydrogens (tertiary/aromatic N) is 2. The molecule has 23 heavy (non-hydrogen) atoms. The number of carbonyl (C=O) groups excluding carboxylic acids is 1. The van der Waals surface area contributed by atoms with Crippen molar-refractivity contribution in [2.24, 2.45) is 5.92 Å². The molecule has 0 atom stereocenters. The van der Waals surface area contributed by atoms with Crippen LogP contribution in [0.25, 0.3) is 0 Å². The van der Waals surface area contributed by atoms with Crippen LogP contribution in [0.5, 0.6) is 0 Å². The zero-order valence-corrected chi connectivity index (χ0v) is 11.9. The van der Waals surface area contributed by atoms with Gasteiger partial charge >= 0.3 is 12.1 Å². The summed E-state index contributed by atoms with van der Waals surface area (Å²) in [5.41, 5.74) is -5.00. The molecule has 0 aromatic carbocycles. The highest BCUT2D eigenvalue weighted by atomic mass is 19.4. The van der Waals surface area contributed by atoms with Gasteiger partial charge in [0.25, 0.3) is 6.43 Å². The standard InChI is InChI=1S/C14H11F5N2O2/c1-23-13(22)9-7(4-6-2-3-6)8(5-20)11(14(17,18)19)21-10(9)12(15)16/h6,12H,2-4H2,1H3. The van der Waals surface area contributed by atoms with Gasteiger partial charge < -0.3 is 4.74 Å². The Morgan fingerprint density at radius 1 is 1.43 bits per heavy atom. The van der Waals surface area contributed by atoms with Gasteiger partial charge in [-0.05, 0) is 30.7 Å². The molecular formula is C14H11F5N2O2. The summed E-state index contributed by atoms with van der Waals surface area (Å²) in [6.45, 7) is 0. The lowest BCUT2D eigenvalue weighted by Gasteiger charge is -2.18. The number of hydrogen-bond donors (Lipinski definition) is 0. The Morgan fingerprint density at radius 2 is 2.04 bits per heavy atom. The van der Waals surface area contributed by atoms with Crippen LogP contribution in [0.4, 0.5) is 22.0 Å². The number of rotatable bonds is 4. The van der Waals surface area contributed by atoms with Crippen LogP contribution in [-0.4, -0.2) is 18.1 Å². The van der Waals surface area contributed by atoms with Crippen molar-refractivity contribution in [1.82, 2.24) is 4.98 Å². The van der Waals surface area contributed by atoms with Gasteiger partial charge in [0.1, 0.15) is 11.8 Å². The maximum absolute atomic E-state index is 13.1. The fourth-order valence-electron chi connectivity index (χ4n) is 2.28. The molecule has 0 bridgehead atoms. The van der Waals surface area contributed by atoms with Crippen molar-refractivity contribution in [3.8, 4) is 6.07 Å². The average Bonchev–Trinajstić information content (AvgIpc) is 3.28. The number of pyridine rings is 1. The maximum atomic E-state index is 13.1. The van der Waals surface area contributed by atoms with Gasteiger partial charge in [-0.15, -0.1) is 0 Å². The average molecular weight is 334 g/mol. The molecule has 9 heteroatoms. The molecule has 0 N–H and O–H groups in total. The Labute approximate surface area is 127 Å². The summed E-state index contributed by atoms with van der Waals surface area (Å²) < 4.78 is 69.8. The van der Waals surface area contributed by atoms with Crippen molar-refractivity contribution in [2.75, 3.05) is 7.11 Å². The fraction of sp³-hybridized carbons (Fsp3) is 0.500. The summed E-state index contributed by atoms with van der Waals surface area (Å²) in [5, 5.41) is 9.07. The smallest absolute Gasteiger partial charge is 0.434 e. The minimum absolute atomic E-state index is 0.0421. The number of nitriles is 1. The number of aromatic nitrogens is 1. The lowest BCUT2D eigenvalue weighted by atomic mass is 9.94. The Hall–Kier alpha value is -2.24. The van der Waals surface area contributed by atoms with Crippen LogP contribution in [-0.2, 0) is 17.3 Å². The molecule has 1 aliphatic rings. The van der Waals surface area contributed by atoms with E-state index < -0.39 is 41.1 Å². The van der Waals surface area contributed by atoms with E-state index in [0.717, 1.165) is 7.11 Å². The van der Waals surface area contributed by atoms with E-state index in [1.165, 1.54) is 6.07 Å². The zero-order chi connectivity index (χ0) is 17.4. The second kappa shape index (κ2) is 6.10. The Bertz CT molecular complexity index is 675. The van der Waals surface area contributed by atoms with E-state index in [0.29, 0.717) is 12.8 Å². The third-order valence-corrected chi connectivity index (χ3v) is 3.50. The summed E-state index contributed by atoms with van der Waals surface area (Å²) in [6.07, 6.45) is -7.17. The van der Waals surface area contributed by atoms with Gasteiger partial charge in [-0.25, -0.2) is 18.6 Å². The minimum atomic E-state index is -5.08. The number of hydrogen-bond acceptors (Lipinski definition) is 4. The molecule has 0 aliphatic heterocycles. The predicted molar refractivity (Wildman–Crippen MR) is 66.7 cm³/mol. The lowest BCUT2D eigenvalue weighted by Crippen LogP contribution is -2.21. The first kappa shape index (κ1) is 17.1. The van der Waals surface area contributed by atoms with Gasteiger partial charge in [-0.3, -0.25) is 0 Å². The highest BCUT2D eigenvalue weighted by Crippen LogP contribution is 2.40. The monoisotopic (exact) mass is 334 g/mol. The van der Waals surface area contributed by atoms with Crippen LogP contribution < -0.4 is 0 Å². The van der Waals surface area contributed by atoms with Crippen LogP contribution in [0.2, 0.25) is 0 Å². The van der Waals surface area contributed by atoms with E-state index in [9.17, 15) is 26.7 Å². The number of halogens is 5. The van der Waals surface area contributed by atoms with Crippen molar-refractivity contribution >= 4 is 5.97 Å². The van der Waals surface area contributed by atoms with Crippen molar-refractivity contribution < 1.29 is 31.5 Å². The molecule has 4 nitrogen and oxygen atoms in total. The van der Waals surface area contributed by atoms with Gasteiger partial charge in [0.15, 0.2) is 5.69 Å². The van der Waals surface area contributed by atoms with Gasteiger partial charge in [-0.2, -0.15) is 18.4 Å². The molecule has 0 unspecified atom stereocenters. The Balaban J connectivity index is 2.82. The first-order chi connectivity index (χ1) is 10.7. The highest BCUT2D eigenvalue weighted by Gasteiger charge is 2.41. The second-order valence-electron chi connectivity index (χ2n) is 5.12. The molecule has 0 saturated heterocycles. The Kier molecular flexibility index (Phi) is 4.54. The van der Waals surface area contributed by atoms with Crippen LogP contribution in [0.1, 0.15) is 52.1 Å². The number of carbonyl (C=O) groups is 1. The van der Waals surface area contributed by atoms with Crippen LogP contribution >= 0.6 is 0 Å². The largest absolute Gasteiger partial charge is 0.465 e. The van der Waals surface area contributed by atoms with Gasteiger partial charge in [0, 0.05) is 0 Å². The van der Waals surface area contributed by atoms with E-state index in [2.05, 4.69) is 9.72 Å². The van der Waals surface area contributed by atoms with E-state index >= 15 is 0 Å². The quantitative estimate of drug-likeness (QED) is 0.623.